The van der Waals surface area contributed by atoms with E-state index in [0.29, 0.717) is 19.4 Å². The van der Waals surface area contributed by atoms with Crippen LogP contribution in [-0.2, 0) is 23.8 Å². The molecule has 0 saturated carbocycles. The molecule has 0 N–H and O–H groups in total. The van der Waals surface area contributed by atoms with Crippen LogP contribution in [0, 0.1) is 0 Å². The van der Waals surface area contributed by atoms with E-state index in [1.54, 1.807) is 0 Å². The highest BCUT2D eigenvalue weighted by atomic mass is 16.6. The highest BCUT2D eigenvalue weighted by molar-refractivity contribution is 5.70. The molecular formula is C53H94O5. The molecule has 5 nitrogen and oxygen atoms in total. The van der Waals surface area contributed by atoms with Crippen LogP contribution in [0.4, 0.5) is 0 Å². The first-order valence-corrected chi connectivity index (χ1v) is 24.8. The zero-order chi connectivity index (χ0) is 42.1. The van der Waals surface area contributed by atoms with Crippen LogP contribution < -0.4 is 0 Å². The Labute approximate surface area is 360 Å². The maximum Gasteiger partial charge on any atom is 0.306 e. The molecule has 0 fully saturated rings. The number of esters is 2. The number of ether oxygens (including phenoxy) is 3. The van der Waals surface area contributed by atoms with Gasteiger partial charge in [0.25, 0.3) is 0 Å². The normalized spacial score (nSPS) is 12.7. The SMILES string of the molecule is CC/C=C\C/C=C\C/C=C\C/C=C\C/C=C\CCCC(=O)OCC(COCCCCCCCCCCCC)OC(=O)CCCCCCCCCCCCCCCCC. The van der Waals surface area contributed by atoms with Crippen LogP contribution in [0.2, 0.25) is 0 Å². The topological polar surface area (TPSA) is 61.8 Å². The Morgan fingerprint density at radius 1 is 0.397 bits per heavy atom. The number of allylic oxidation sites excluding steroid dienone is 10. The lowest BCUT2D eigenvalue weighted by Gasteiger charge is -2.18. The van der Waals surface area contributed by atoms with Gasteiger partial charge in [-0.3, -0.25) is 9.59 Å². The summed E-state index contributed by atoms with van der Waals surface area (Å²) in [7, 11) is 0. The van der Waals surface area contributed by atoms with Crippen LogP contribution in [0.1, 0.15) is 239 Å². The second-order valence-electron chi connectivity index (χ2n) is 16.4. The van der Waals surface area contributed by atoms with E-state index in [1.165, 1.54) is 135 Å². The summed E-state index contributed by atoms with van der Waals surface area (Å²) in [6, 6.07) is 0. The summed E-state index contributed by atoms with van der Waals surface area (Å²) in [4.78, 5) is 25.3. The van der Waals surface area contributed by atoms with Gasteiger partial charge in [0.2, 0.25) is 0 Å². The van der Waals surface area contributed by atoms with Crippen molar-refractivity contribution in [3.05, 3.63) is 60.8 Å². The highest BCUT2D eigenvalue weighted by Crippen LogP contribution is 2.15. The van der Waals surface area contributed by atoms with E-state index in [-0.39, 0.29) is 25.2 Å². The molecule has 5 heteroatoms. The van der Waals surface area contributed by atoms with Gasteiger partial charge in [-0.2, -0.15) is 0 Å². The van der Waals surface area contributed by atoms with Crippen LogP contribution in [-0.4, -0.2) is 37.9 Å². The Hall–Kier alpha value is -2.40. The van der Waals surface area contributed by atoms with Crippen LogP contribution >= 0.6 is 0 Å². The maximum atomic E-state index is 12.8. The van der Waals surface area contributed by atoms with Gasteiger partial charge in [-0.1, -0.05) is 229 Å². The van der Waals surface area contributed by atoms with Gasteiger partial charge in [-0.15, -0.1) is 0 Å². The number of hydrogen-bond donors (Lipinski definition) is 0. The molecule has 336 valence electrons. The molecule has 0 aliphatic rings. The summed E-state index contributed by atoms with van der Waals surface area (Å²) in [5.41, 5.74) is 0. The molecule has 0 aromatic rings. The molecular weight excluding hydrogens is 717 g/mol. The van der Waals surface area contributed by atoms with E-state index in [4.69, 9.17) is 14.2 Å². The Bertz CT molecular complexity index is 1010. The Kier molecular flexibility index (Phi) is 46.9. The van der Waals surface area contributed by atoms with Crippen molar-refractivity contribution < 1.29 is 23.8 Å². The predicted octanol–water partition coefficient (Wildman–Crippen LogP) is 16.6. The van der Waals surface area contributed by atoms with Crippen molar-refractivity contribution in [3.8, 4) is 0 Å². The number of unbranched alkanes of at least 4 members (excludes halogenated alkanes) is 24. The third-order valence-electron chi connectivity index (χ3n) is 10.6. The van der Waals surface area contributed by atoms with Crippen LogP contribution in [0.3, 0.4) is 0 Å². The molecule has 0 spiro atoms. The van der Waals surface area contributed by atoms with Crippen molar-refractivity contribution in [1.82, 2.24) is 0 Å². The Morgan fingerprint density at radius 2 is 0.776 bits per heavy atom. The Balaban J connectivity index is 4.30. The molecule has 0 saturated heterocycles. The molecule has 1 atom stereocenters. The minimum absolute atomic E-state index is 0.0587. The minimum atomic E-state index is -0.554. The number of rotatable bonds is 45. The molecule has 0 aromatic carbocycles. The quantitative estimate of drug-likeness (QED) is 0.0348. The van der Waals surface area contributed by atoms with Gasteiger partial charge in [0.15, 0.2) is 6.10 Å². The predicted molar refractivity (Wildman–Crippen MR) is 251 cm³/mol. The molecule has 0 aromatic heterocycles. The monoisotopic (exact) mass is 811 g/mol. The van der Waals surface area contributed by atoms with Crippen molar-refractivity contribution in [3.63, 3.8) is 0 Å². The largest absolute Gasteiger partial charge is 0.462 e. The average molecular weight is 811 g/mol. The van der Waals surface area contributed by atoms with Gasteiger partial charge < -0.3 is 14.2 Å². The lowest BCUT2D eigenvalue weighted by molar-refractivity contribution is -0.163. The van der Waals surface area contributed by atoms with Crippen LogP contribution in [0.25, 0.3) is 0 Å². The lowest BCUT2D eigenvalue weighted by Crippen LogP contribution is -2.30. The Morgan fingerprint density at radius 3 is 1.22 bits per heavy atom. The van der Waals surface area contributed by atoms with Crippen molar-refractivity contribution in [2.75, 3.05) is 19.8 Å². The van der Waals surface area contributed by atoms with Gasteiger partial charge in [0, 0.05) is 19.4 Å². The van der Waals surface area contributed by atoms with E-state index >= 15 is 0 Å². The average Bonchev–Trinajstić information content (AvgIpc) is 3.22. The summed E-state index contributed by atoms with van der Waals surface area (Å²) < 4.78 is 17.3. The summed E-state index contributed by atoms with van der Waals surface area (Å²) in [5.74, 6) is -0.456. The minimum Gasteiger partial charge on any atom is -0.462 e. The summed E-state index contributed by atoms with van der Waals surface area (Å²) in [6.07, 6.45) is 60.8. The zero-order valence-electron chi connectivity index (χ0n) is 38.6. The summed E-state index contributed by atoms with van der Waals surface area (Å²) in [5, 5.41) is 0. The first kappa shape index (κ1) is 55.6. The standard InChI is InChI=1S/C53H94O5/c1-4-7-10-13-16-19-22-24-26-27-29-30-32-34-37-40-43-46-52(54)57-50-51(49-56-48-45-42-39-36-21-18-15-12-9-6-3)58-53(55)47-44-41-38-35-33-31-28-25-23-20-17-14-11-8-5-2/h7,10,16,19,24,26,29-30,34,37,51H,4-6,8-9,11-15,17-18,20-23,25,27-28,31-33,35-36,38-50H2,1-3H3/b10-7-,19-16-,26-24-,30-29-,37-34-. The zero-order valence-corrected chi connectivity index (χ0v) is 38.6. The van der Waals surface area contributed by atoms with Gasteiger partial charge in [-0.25, -0.2) is 0 Å². The molecule has 0 bridgehead atoms. The van der Waals surface area contributed by atoms with Crippen molar-refractivity contribution >= 4 is 11.9 Å². The third-order valence-corrected chi connectivity index (χ3v) is 10.6. The fourth-order valence-electron chi connectivity index (χ4n) is 6.90. The number of carbonyl (C=O) groups is 2. The third kappa shape index (κ3) is 46.3. The van der Waals surface area contributed by atoms with Crippen molar-refractivity contribution in [2.24, 2.45) is 0 Å². The smallest absolute Gasteiger partial charge is 0.306 e. The first-order chi connectivity index (χ1) is 28.6. The van der Waals surface area contributed by atoms with Crippen molar-refractivity contribution in [1.29, 1.82) is 0 Å². The van der Waals surface area contributed by atoms with Crippen molar-refractivity contribution in [2.45, 2.75) is 245 Å². The van der Waals surface area contributed by atoms with E-state index in [1.807, 2.05) is 0 Å². The molecule has 58 heavy (non-hydrogen) atoms. The van der Waals surface area contributed by atoms with Gasteiger partial charge >= 0.3 is 11.9 Å². The number of hydrogen-bond acceptors (Lipinski definition) is 5. The van der Waals surface area contributed by atoms with Gasteiger partial charge in [-0.05, 0) is 57.8 Å². The summed E-state index contributed by atoms with van der Waals surface area (Å²) >= 11 is 0. The fourth-order valence-corrected chi connectivity index (χ4v) is 6.90. The van der Waals surface area contributed by atoms with E-state index in [2.05, 4.69) is 81.5 Å². The van der Waals surface area contributed by atoms with Gasteiger partial charge in [0.1, 0.15) is 6.61 Å². The van der Waals surface area contributed by atoms with Crippen LogP contribution in [0.15, 0.2) is 60.8 Å². The number of carbonyl (C=O) groups excluding carboxylic acids is 2. The highest BCUT2D eigenvalue weighted by Gasteiger charge is 2.17. The molecule has 0 radical (unpaired) electrons. The van der Waals surface area contributed by atoms with Crippen LogP contribution in [0.5, 0.6) is 0 Å². The second kappa shape index (κ2) is 49.0. The molecule has 0 rings (SSSR count). The van der Waals surface area contributed by atoms with E-state index in [9.17, 15) is 9.59 Å². The van der Waals surface area contributed by atoms with E-state index < -0.39 is 6.10 Å². The lowest BCUT2D eigenvalue weighted by atomic mass is 10.0. The summed E-state index contributed by atoms with van der Waals surface area (Å²) in [6.45, 7) is 7.67. The molecule has 0 aliphatic carbocycles. The fraction of sp³-hybridized carbons (Fsp3) is 0.774. The van der Waals surface area contributed by atoms with E-state index in [0.717, 1.165) is 70.6 Å². The molecule has 0 heterocycles. The second-order valence-corrected chi connectivity index (χ2v) is 16.4. The first-order valence-electron chi connectivity index (χ1n) is 24.8. The van der Waals surface area contributed by atoms with Gasteiger partial charge in [0.05, 0.1) is 6.61 Å². The molecule has 0 aliphatic heterocycles. The maximum absolute atomic E-state index is 12.8. The molecule has 0 amide bonds. The molecule has 1 unspecified atom stereocenters.